The van der Waals surface area contributed by atoms with Crippen LogP contribution in [0.15, 0.2) is 18.2 Å². The zero-order chi connectivity index (χ0) is 11.1. The molecule has 0 fully saturated rings. The van der Waals surface area contributed by atoms with Gasteiger partial charge in [0.2, 0.25) is 0 Å². The molecule has 0 radical (unpaired) electrons. The Morgan fingerprint density at radius 3 is 2.80 bits per heavy atom. The molecule has 1 aromatic carbocycles. The smallest absolute Gasteiger partial charge is 0.0992 e. The Labute approximate surface area is 104 Å². The molecule has 1 aromatic rings. The van der Waals surface area contributed by atoms with Crippen LogP contribution in [0.2, 0.25) is 0 Å². The van der Waals surface area contributed by atoms with Crippen molar-refractivity contribution in [3.63, 3.8) is 0 Å². The lowest BCUT2D eigenvalue weighted by Gasteiger charge is -2.00. The Morgan fingerprint density at radius 1 is 1.40 bits per heavy atom. The zero-order valence-corrected chi connectivity index (χ0v) is 10.6. The molecule has 0 unspecified atom stereocenters. The summed E-state index contributed by atoms with van der Waals surface area (Å²) in [5.41, 5.74) is 2.68. The van der Waals surface area contributed by atoms with Gasteiger partial charge in [0.05, 0.1) is 11.6 Å². The van der Waals surface area contributed by atoms with E-state index < -0.39 is 0 Å². The third kappa shape index (κ3) is 3.63. The average Bonchev–Trinajstić information content (AvgIpc) is 2.29. The van der Waals surface area contributed by atoms with Crippen molar-refractivity contribution in [2.75, 3.05) is 5.75 Å². The van der Waals surface area contributed by atoms with E-state index in [-0.39, 0.29) is 0 Å². The van der Waals surface area contributed by atoms with E-state index in [4.69, 9.17) is 5.26 Å². The molecule has 0 N–H and O–H groups in total. The molecule has 0 amide bonds. The molecule has 0 bridgehead atoms. The molecule has 0 saturated heterocycles. The molecule has 0 saturated carbocycles. The number of hydrogen-bond acceptors (Lipinski definition) is 2. The third-order valence-corrected chi connectivity index (χ3v) is 2.67. The molecule has 1 rings (SSSR count). The standard InChI is InChI=1S/C12H10BrNS/c13-8-12-5-4-10(9-14)7-11(12)3-1-2-6-15/h4-5,7,15H,2,6,8H2. The van der Waals surface area contributed by atoms with Gasteiger partial charge in [-0.2, -0.15) is 17.9 Å². The van der Waals surface area contributed by atoms with Crippen LogP contribution in [0.4, 0.5) is 0 Å². The monoisotopic (exact) mass is 279 g/mol. The minimum atomic E-state index is 0.648. The van der Waals surface area contributed by atoms with Gasteiger partial charge in [0.1, 0.15) is 0 Å². The molecule has 0 heterocycles. The third-order valence-electron chi connectivity index (χ3n) is 1.84. The summed E-state index contributed by atoms with van der Waals surface area (Å²) < 4.78 is 0. The van der Waals surface area contributed by atoms with Crippen LogP contribution in [-0.4, -0.2) is 5.75 Å². The zero-order valence-electron chi connectivity index (χ0n) is 8.13. The van der Waals surface area contributed by atoms with Crippen molar-refractivity contribution in [1.29, 1.82) is 5.26 Å². The van der Waals surface area contributed by atoms with Crippen LogP contribution in [0.25, 0.3) is 0 Å². The molecular formula is C12H10BrNS. The number of thiol groups is 1. The van der Waals surface area contributed by atoms with Gasteiger partial charge >= 0.3 is 0 Å². The van der Waals surface area contributed by atoms with E-state index in [0.29, 0.717) is 5.56 Å². The second kappa shape index (κ2) is 6.56. The van der Waals surface area contributed by atoms with Gasteiger partial charge < -0.3 is 0 Å². The van der Waals surface area contributed by atoms with Gasteiger partial charge in [0.15, 0.2) is 0 Å². The van der Waals surface area contributed by atoms with Gasteiger partial charge in [-0.25, -0.2) is 0 Å². The van der Waals surface area contributed by atoms with Crippen molar-refractivity contribution in [3.8, 4) is 17.9 Å². The summed E-state index contributed by atoms with van der Waals surface area (Å²) >= 11 is 7.49. The van der Waals surface area contributed by atoms with Crippen LogP contribution < -0.4 is 0 Å². The molecule has 76 valence electrons. The van der Waals surface area contributed by atoms with E-state index in [9.17, 15) is 0 Å². The van der Waals surface area contributed by atoms with Crippen LogP contribution in [0.3, 0.4) is 0 Å². The SMILES string of the molecule is N#Cc1ccc(CBr)c(C#CCCS)c1. The highest BCUT2D eigenvalue weighted by Crippen LogP contribution is 2.13. The molecule has 0 aromatic heterocycles. The molecular weight excluding hydrogens is 270 g/mol. The highest BCUT2D eigenvalue weighted by molar-refractivity contribution is 9.08. The van der Waals surface area contributed by atoms with Gasteiger partial charge in [-0.3, -0.25) is 0 Å². The maximum Gasteiger partial charge on any atom is 0.0992 e. The maximum atomic E-state index is 8.78. The first kappa shape index (κ1) is 12.2. The van der Waals surface area contributed by atoms with Gasteiger partial charge in [-0.1, -0.05) is 33.8 Å². The number of halogens is 1. The summed E-state index contributed by atoms with van der Waals surface area (Å²) in [6.45, 7) is 0. The van der Waals surface area contributed by atoms with Crippen LogP contribution in [-0.2, 0) is 5.33 Å². The topological polar surface area (TPSA) is 23.8 Å². The molecule has 0 spiro atoms. The fraction of sp³-hybridized carbons (Fsp3) is 0.250. The first-order valence-electron chi connectivity index (χ1n) is 4.50. The van der Waals surface area contributed by atoms with Gasteiger partial charge in [0, 0.05) is 23.1 Å². The Hall–Kier alpha value is -0.900. The lowest BCUT2D eigenvalue weighted by atomic mass is 10.1. The molecule has 1 nitrogen and oxygen atoms in total. The Balaban J connectivity index is 3.04. The summed E-state index contributed by atoms with van der Waals surface area (Å²) in [6.07, 6.45) is 0.765. The number of benzene rings is 1. The molecule has 0 atom stereocenters. The average molecular weight is 280 g/mol. The lowest BCUT2D eigenvalue weighted by Crippen LogP contribution is -1.87. The number of nitriles is 1. The normalized spacial score (nSPS) is 8.87. The van der Waals surface area contributed by atoms with Gasteiger partial charge in [-0.05, 0) is 17.7 Å². The van der Waals surface area contributed by atoms with E-state index in [0.717, 1.165) is 28.6 Å². The molecule has 0 aliphatic rings. The van der Waals surface area contributed by atoms with Crippen molar-refractivity contribution in [2.24, 2.45) is 0 Å². The molecule has 15 heavy (non-hydrogen) atoms. The first-order chi connectivity index (χ1) is 7.31. The van der Waals surface area contributed by atoms with Crippen molar-refractivity contribution in [3.05, 3.63) is 34.9 Å². The summed E-state index contributed by atoms with van der Waals surface area (Å²) in [5, 5.41) is 9.53. The fourth-order valence-corrected chi connectivity index (χ4v) is 1.69. The van der Waals surface area contributed by atoms with Crippen molar-refractivity contribution >= 4 is 28.6 Å². The van der Waals surface area contributed by atoms with Crippen LogP contribution in [0.5, 0.6) is 0 Å². The first-order valence-corrected chi connectivity index (χ1v) is 6.26. The quantitative estimate of drug-likeness (QED) is 0.502. The van der Waals surface area contributed by atoms with Crippen molar-refractivity contribution in [2.45, 2.75) is 11.8 Å². The molecule has 0 aliphatic heterocycles. The Bertz CT molecular complexity index is 437. The summed E-state index contributed by atoms with van der Waals surface area (Å²) in [4.78, 5) is 0. The van der Waals surface area contributed by atoms with Crippen LogP contribution in [0, 0.1) is 23.2 Å². The van der Waals surface area contributed by atoms with E-state index in [1.165, 1.54) is 0 Å². The maximum absolute atomic E-state index is 8.78. The van der Waals surface area contributed by atoms with E-state index in [2.05, 4.69) is 46.5 Å². The fourth-order valence-electron chi connectivity index (χ4n) is 1.09. The number of rotatable bonds is 2. The van der Waals surface area contributed by atoms with E-state index in [1.807, 2.05) is 12.1 Å². The van der Waals surface area contributed by atoms with Crippen LogP contribution >= 0.6 is 28.6 Å². The second-order valence-corrected chi connectivity index (χ2v) is 3.90. The number of nitrogens with zero attached hydrogens (tertiary/aromatic N) is 1. The van der Waals surface area contributed by atoms with E-state index >= 15 is 0 Å². The highest BCUT2D eigenvalue weighted by Gasteiger charge is 1.99. The Kier molecular flexibility index (Phi) is 5.32. The Morgan fingerprint density at radius 2 is 2.20 bits per heavy atom. The van der Waals surface area contributed by atoms with Crippen molar-refractivity contribution < 1.29 is 0 Å². The largest absolute Gasteiger partial charge is 0.192 e. The summed E-state index contributed by atoms with van der Waals surface area (Å²) in [6, 6.07) is 7.67. The highest BCUT2D eigenvalue weighted by atomic mass is 79.9. The second-order valence-electron chi connectivity index (χ2n) is 2.89. The molecule has 0 aliphatic carbocycles. The lowest BCUT2D eigenvalue weighted by molar-refractivity contribution is 1.30. The predicted octanol–water partition coefficient (Wildman–Crippen LogP) is 3.12. The summed E-state index contributed by atoms with van der Waals surface area (Å²) in [7, 11) is 0. The van der Waals surface area contributed by atoms with Gasteiger partial charge in [0.25, 0.3) is 0 Å². The number of hydrogen-bond donors (Lipinski definition) is 1. The van der Waals surface area contributed by atoms with Crippen LogP contribution in [0.1, 0.15) is 23.1 Å². The molecule has 3 heteroatoms. The minimum Gasteiger partial charge on any atom is -0.192 e. The summed E-state index contributed by atoms with van der Waals surface area (Å²) in [5.74, 6) is 6.84. The van der Waals surface area contributed by atoms with Crippen molar-refractivity contribution in [1.82, 2.24) is 0 Å². The van der Waals surface area contributed by atoms with Gasteiger partial charge in [-0.15, -0.1) is 0 Å². The van der Waals surface area contributed by atoms with E-state index in [1.54, 1.807) is 6.07 Å². The minimum absolute atomic E-state index is 0.648. The predicted molar refractivity (Wildman–Crippen MR) is 69.1 cm³/mol. The number of alkyl halides is 1.